The molecule has 0 aliphatic rings. The number of carboxylic acid groups (broad SMARTS) is 1. The Morgan fingerprint density at radius 2 is 1.74 bits per heavy atom. The van der Waals surface area contributed by atoms with E-state index in [1.807, 2.05) is 32.9 Å². The molecular formula is C14H20N2O3. The number of benzene rings is 1. The number of carboxylic acids is 1. The van der Waals surface area contributed by atoms with Crippen molar-refractivity contribution in [3.63, 3.8) is 0 Å². The first kappa shape index (κ1) is 15.2. The molecule has 0 fully saturated rings. The van der Waals surface area contributed by atoms with Gasteiger partial charge in [0.15, 0.2) is 0 Å². The molecule has 0 bridgehead atoms. The summed E-state index contributed by atoms with van der Waals surface area (Å²) in [7, 11) is 0. The highest BCUT2D eigenvalue weighted by atomic mass is 16.4. The molecule has 5 heteroatoms. The highest BCUT2D eigenvalue weighted by Crippen LogP contribution is 2.21. The van der Waals surface area contributed by atoms with Crippen molar-refractivity contribution in [2.24, 2.45) is 0 Å². The normalized spacial score (nSPS) is 12.0. The molecule has 5 nitrogen and oxygen atoms in total. The number of hydrogen-bond donors (Lipinski definition) is 3. The third-order valence-electron chi connectivity index (χ3n) is 2.88. The Morgan fingerprint density at radius 3 is 2.21 bits per heavy atom. The van der Waals surface area contributed by atoms with Crippen LogP contribution in [-0.2, 0) is 9.59 Å². The number of amides is 1. The largest absolute Gasteiger partial charge is 0.480 e. The Bertz CT molecular complexity index is 474. The van der Waals surface area contributed by atoms with Gasteiger partial charge in [-0.05, 0) is 38.8 Å². The maximum atomic E-state index is 11.8. The molecule has 0 radical (unpaired) electrons. The number of carbonyl (C=O) groups is 2. The molecule has 1 rings (SSSR count). The summed E-state index contributed by atoms with van der Waals surface area (Å²) < 4.78 is 0. The van der Waals surface area contributed by atoms with Gasteiger partial charge in [-0.15, -0.1) is 0 Å². The molecule has 0 heterocycles. The second-order valence-corrected chi connectivity index (χ2v) is 4.76. The van der Waals surface area contributed by atoms with Gasteiger partial charge in [-0.2, -0.15) is 0 Å². The van der Waals surface area contributed by atoms with Crippen molar-refractivity contribution in [3.8, 4) is 0 Å². The molecule has 19 heavy (non-hydrogen) atoms. The van der Waals surface area contributed by atoms with Crippen LogP contribution in [0.2, 0.25) is 0 Å². The van der Waals surface area contributed by atoms with Crippen LogP contribution in [0.3, 0.4) is 0 Å². The minimum Gasteiger partial charge on any atom is -0.480 e. The summed E-state index contributed by atoms with van der Waals surface area (Å²) >= 11 is 0. The third-order valence-corrected chi connectivity index (χ3v) is 2.88. The summed E-state index contributed by atoms with van der Waals surface area (Å²) in [5, 5.41) is 14.2. The quantitative estimate of drug-likeness (QED) is 0.755. The van der Waals surface area contributed by atoms with E-state index in [9.17, 15) is 9.59 Å². The summed E-state index contributed by atoms with van der Waals surface area (Å²) in [6.45, 7) is 7.34. The van der Waals surface area contributed by atoms with E-state index in [4.69, 9.17) is 5.11 Å². The van der Waals surface area contributed by atoms with E-state index in [0.717, 1.165) is 22.4 Å². The summed E-state index contributed by atoms with van der Waals surface area (Å²) in [5.41, 5.74) is 3.93. The van der Waals surface area contributed by atoms with E-state index < -0.39 is 12.0 Å². The molecule has 104 valence electrons. The van der Waals surface area contributed by atoms with E-state index in [-0.39, 0.29) is 12.5 Å². The molecule has 0 saturated carbocycles. The fourth-order valence-electron chi connectivity index (χ4n) is 1.89. The Hall–Kier alpha value is -1.88. The summed E-state index contributed by atoms with van der Waals surface area (Å²) in [5.74, 6) is -1.22. The first-order valence-electron chi connectivity index (χ1n) is 6.15. The molecule has 0 aliphatic carbocycles. The monoisotopic (exact) mass is 264 g/mol. The lowest BCUT2D eigenvalue weighted by Crippen LogP contribution is -2.39. The van der Waals surface area contributed by atoms with Crippen LogP contribution >= 0.6 is 0 Å². The van der Waals surface area contributed by atoms with E-state index in [1.54, 1.807) is 0 Å². The van der Waals surface area contributed by atoms with Crippen molar-refractivity contribution >= 4 is 17.6 Å². The molecule has 1 atom stereocenters. The molecule has 0 spiro atoms. The molecule has 1 aromatic carbocycles. The molecule has 0 unspecified atom stereocenters. The highest BCUT2D eigenvalue weighted by Gasteiger charge is 2.13. The van der Waals surface area contributed by atoms with Crippen LogP contribution in [0.5, 0.6) is 0 Å². The smallest absolute Gasteiger partial charge is 0.320 e. The van der Waals surface area contributed by atoms with Crippen LogP contribution in [0.4, 0.5) is 5.69 Å². The minimum atomic E-state index is -0.976. The summed E-state index contributed by atoms with van der Waals surface area (Å²) in [4.78, 5) is 22.4. The van der Waals surface area contributed by atoms with Crippen molar-refractivity contribution in [1.29, 1.82) is 0 Å². The van der Waals surface area contributed by atoms with Gasteiger partial charge in [0.05, 0.1) is 6.54 Å². The third kappa shape index (κ3) is 4.37. The standard InChI is InChI=1S/C14H20N2O3/c1-8-5-9(2)13(10(3)6-8)16-12(17)7-15-11(4)14(18)19/h5-6,11,15H,7H2,1-4H3,(H,16,17)(H,18,19)/t11-/m1/s1. The molecule has 0 aromatic heterocycles. The number of hydrogen-bond acceptors (Lipinski definition) is 3. The summed E-state index contributed by atoms with van der Waals surface area (Å²) in [6, 6.07) is 3.25. The number of aryl methyl sites for hydroxylation is 3. The Balaban J connectivity index is 2.65. The van der Waals surface area contributed by atoms with Crippen LogP contribution in [0.25, 0.3) is 0 Å². The molecule has 1 amide bonds. The van der Waals surface area contributed by atoms with Crippen molar-refractivity contribution in [2.45, 2.75) is 33.7 Å². The number of anilines is 1. The second kappa shape index (κ2) is 6.33. The Morgan fingerprint density at radius 1 is 1.21 bits per heavy atom. The van der Waals surface area contributed by atoms with E-state index in [1.165, 1.54) is 6.92 Å². The van der Waals surface area contributed by atoms with Gasteiger partial charge in [0.1, 0.15) is 6.04 Å². The zero-order valence-electron chi connectivity index (χ0n) is 11.7. The number of nitrogens with one attached hydrogen (secondary N) is 2. The molecule has 0 saturated heterocycles. The van der Waals surface area contributed by atoms with E-state index in [0.29, 0.717) is 0 Å². The van der Waals surface area contributed by atoms with Gasteiger partial charge in [-0.3, -0.25) is 14.9 Å². The maximum Gasteiger partial charge on any atom is 0.320 e. The van der Waals surface area contributed by atoms with Gasteiger partial charge in [0.25, 0.3) is 0 Å². The van der Waals surface area contributed by atoms with Gasteiger partial charge in [0.2, 0.25) is 5.91 Å². The second-order valence-electron chi connectivity index (χ2n) is 4.76. The van der Waals surface area contributed by atoms with Crippen LogP contribution in [0, 0.1) is 20.8 Å². The summed E-state index contributed by atoms with van der Waals surface area (Å²) in [6.07, 6.45) is 0. The molecule has 0 aliphatic heterocycles. The van der Waals surface area contributed by atoms with Crippen LogP contribution < -0.4 is 10.6 Å². The number of aliphatic carboxylic acids is 1. The SMILES string of the molecule is Cc1cc(C)c(NC(=O)CN[C@H](C)C(=O)O)c(C)c1. The van der Waals surface area contributed by atoms with Crippen molar-refractivity contribution in [3.05, 3.63) is 28.8 Å². The van der Waals surface area contributed by atoms with Gasteiger partial charge in [-0.1, -0.05) is 17.7 Å². The number of rotatable bonds is 5. The Kier molecular flexibility index (Phi) is 5.06. The predicted octanol–water partition coefficient (Wildman–Crippen LogP) is 1.61. The predicted molar refractivity (Wildman–Crippen MR) is 74.4 cm³/mol. The minimum absolute atomic E-state index is 0.0276. The van der Waals surface area contributed by atoms with Crippen molar-refractivity contribution < 1.29 is 14.7 Å². The lowest BCUT2D eigenvalue weighted by Gasteiger charge is -2.14. The molecule has 3 N–H and O–H groups in total. The van der Waals surface area contributed by atoms with Gasteiger partial charge in [-0.25, -0.2) is 0 Å². The average Bonchev–Trinajstić information content (AvgIpc) is 2.30. The average molecular weight is 264 g/mol. The highest BCUT2D eigenvalue weighted by molar-refractivity contribution is 5.94. The van der Waals surface area contributed by atoms with Gasteiger partial charge < -0.3 is 10.4 Å². The molecular weight excluding hydrogens is 244 g/mol. The molecule has 1 aromatic rings. The first-order chi connectivity index (χ1) is 8.81. The van der Waals surface area contributed by atoms with Gasteiger partial charge in [0, 0.05) is 5.69 Å². The van der Waals surface area contributed by atoms with Crippen molar-refractivity contribution in [2.75, 3.05) is 11.9 Å². The lowest BCUT2D eigenvalue weighted by molar-refractivity contribution is -0.139. The topological polar surface area (TPSA) is 78.4 Å². The fraction of sp³-hybridized carbons (Fsp3) is 0.429. The van der Waals surface area contributed by atoms with E-state index >= 15 is 0 Å². The zero-order valence-corrected chi connectivity index (χ0v) is 11.7. The van der Waals surface area contributed by atoms with Crippen LogP contribution in [0.1, 0.15) is 23.6 Å². The Labute approximate surface area is 113 Å². The fourth-order valence-corrected chi connectivity index (χ4v) is 1.89. The first-order valence-corrected chi connectivity index (χ1v) is 6.15. The van der Waals surface area contributed by atoms with Gasteiger partial charge >= 0.3 is 5.97 Å². The lowest BCUT2D eigenvalue weighted by atomic mass is 10.1. The zero-order chi connectivity index (χ0) is 14.6. The van der Waals surface area contributed by atoms with Crippen LogP contribution in [-0.4, -0.2) is 29.6 Å². The van der Waals surface area contributed by atoms with E-state index in [2.05, 4.69) is 10.6 Å². The van der Waals surface area contributed by atoms with Crippen molar-refractivity contribution in [1.82, 2.24) is 5.32 Å². The number of carbonyl (C=O) groups excluding carboxylic acids is 1. The van der Waals surface area contributed by atoms with Crippen LogP contribution in [0.15, 0.2) is 12.1 Å². The maximum absolute atomic E-state index is 11.8.